The van der Waals surface area contributed by atoms with Gasteiger partial charge in [-0.05, 0) is 30.7 Å². The summed E-state index contributed by atoms with van der Waals surface area (Å²) in [5.74, 6) is 0.779. The van der Waals surface area contributed by atoms with Crippen LogP contribution in [0.4, 0.5) is 5.69 Å². The van der Waals surface area contributed by atoms with Gasteiger partial charge in [0, 0.05) is 42.9 Å². The van der Waals surface area contributed by atoms with Crippen LogP contribution in [0.25, 0.3) is 0 Å². The van der Waals surface area contributed by atoms with Gasteiger partial charge < -0.3 is 19.9 Å². The molecule has 140 valence electrons. The Morgan fingerprint density at radius 3 is 2.81 bits per heavy atom. The lowest BCUT2D eigenvalue weighted by Crippen LogP contribution is -2.82. The number of hydrogen-bond donors (Lipinski definition) is 2. The first kappa shape index (κ1) is 18.9. The van der Waals surface area contributed by atoms with Gasteiger partial charge in [0.15, 0.2) is 5.16 Å². The van der Waals surface area contributed by atoms with Crippen LogP contribution >= 0.6 is 11.8 Å². The van der Waals surface area contributed by atoms with Gasteiger partial charge in [0.25, 0.3) is 5.56 Å². The van der Waals surface area contributed by atoms with E-state index in [0.717, 1.165) is 30.8 Å². The molecule has 0 spiro atoms. The largest absolute Gasteiger partial charge is 0.378 e. The van der Waals surface area contributed by atoms with E-state index in [9.17, 15) is 4.79 Å². The minimum atomic E-state index is -0.0799. The van der Waals surface area contributed by atoms with E-state index in [-0.39, 0.29) is 17.9 Å². The molecule has 0 saturated carbocycles. The molecule has 0 bridgehead atoms. The summed E-state index contributed by atoms with van der Waals surface area (Å²) in [6, 6.07) is 10.1. The predicted molar refractivity (Wildman–Crippen MR) is 105 cm³/mol. The van der Waals surface area contributed by atoms with Crippen molar-refractivity contribution >= 4 is 17.4 Å². The number of ether oxygens (including phenoxy) is 1. The first-order valence-corrected chi connectivity index (χ1v) is 10.0. The van der Waals surface area contributed by atoms with Gasteiger partial charge in [0.2, 0.25) is 6.23 Å². The minimum Gasteiger partial charge on any atom is -0.378 e. The third-order valence-corrected chi connectivity index (χ3v) is 5.38. The molecule has 0 radical (unpaired) electrons. The molecule has 0 aliphatic carbocycles. The summed E-state index contributed by atoms with van der Waals surface area (Å²) in [5, 5.41) is 2.91. The van der Waals surface area contributed by atoms with E-state index in [4.69, 9.17) is 4.74 Å². The first-order valence-electron chi connectivity index (χ1n) is 9.04. The number of anilines is 1. The number of quaternary nitrogens is 1. The zero-order chi connectivity index (χ0) is 18.5. The number of H-pyrrole nitrogens is 1. The second-order valence-corrected chi connectivity index (χ2v) is 7.75. The fourth-order valence-corrected chi connectivity index (χ4v) is 3.90. The van der Waals surface area contributed by atoms with E-state index < -0.39 is 0 Å². The summed E-state index contributed by atoms with van der Waals surface area (Å²) in [4.78, 5) is 21.2. The fourth-order valence-electron chi connectivity index (χ4n) is 2.99. The Labute approximate surface area is 158 Å². The van der Waals surface area contributed by atoms with Crippen molar-refractivity contribution < 1.29 is 10.1 Å². The molecule has 1 aromatic carbocycles. The van der Waals surface area contributed by atoms with Crippen molar-refractivity contribution in [2.24, 2.45) is 0 Å². The zero-order valence-corrected chi connectivity index (χ0v) is 16.4. The average molecular weight is 376 g/mol. The van der Waals surface area contributed by atoms with Crippen molar-refractivity contribution in [1.29, 1.82) is 0 Å². The van der Waals surface area contributed by atoms with Gasteiger partial charge in [-0.1, -0.05) is 25.1 Å². The standard InChI is InChI=1S/C19H26N4O2S/c1-4-5-14-10-17(24)22-19(21-14)26-12-16-11-20-18(25-16)13-6-8-15(9-7-13)23(2)3/h6-10,16,18,20H,4-5,11-12H2,1-3H3,(H,21,22,24)/p+1/t16-,18-/m0/s1. The smallest absolute Gasteiger partial charge is 0.251 e. The Morgan fingerprint density at radius 2 is 2.12 bits per heavy atom. The molecule has 3 rings (SSSR count). The number of aromatic nitrogens is 2. The summed E-state index contributed by atoms with van der Waals surface area (Å²) < 4.78 is 6.17. The van der Waals surface area contributed by atoms with Gasteiger partial charge >= 0.3 is 0 Å². The van der Waals surface area contributed by atoms with Gasteiger partial charge in [-0.3, -0.25) is 4.79 Å². The van der Waals surface area contributed by atoms with Crippen LogP contribution in [0, 0.1) is 0 Å². The molecule has 3 N–H and O–H groups in total. The Hall–Kier alpha value is -1.83. The maximum absolute atomic E-state index is 11.7. The van der Waals surface area contributed by atoms with Crippen LogP contribution in [0.2, 0.25) is 0 Å². The lowest BCUT2D eigenvalue weighted by atomic mass is 10.2. The summed E-state index contributed by atoms with van der Waals surface area (Å²) >= 11 is 1.56. The Balaban J connectivity index is 1.55. The van der Waals surface area contributed by atoms with Crippen molar-refractivity contribution in [3.05, 3.63) is 51.9 Å². The second kappa shape index (κ2) is 8.70. The van der Waals surface area contributed by atoms with Crippen molar-refractivity contribution in [3.63, 3.8) is 0 Å². The van der Waals surface area contributed by atoms with Gasteiger partial charge in [-0.15, -0.1) is 0 Å². The number of nitrogens with two attached hydrogens (primary N) is 1. The highest BCUT2D eigenvalue weighted by Gasteiger charge is 2.30. The van der Waals surface area contributed by atoms with Crippen LogP contribution in [0.15, 0.2) is 40.3 Å². The van der Waals surface area contributed by atoms with Gasteiger partial charge in [0.1, 0.15) is 12.6 Å². The van der Waals surface area contributed by atoms with Crippen LogP contribution in [0.5, 0.6) is 0 Å². The van der Waals surface area contributed by atoms with Crippen LogP contribution < -0.4 is 15.8 Å². The first-order chi connectivity index (χ1) is 12.5. The van der Waals surface area contributed by atoms with Gasteiger partial charge in [-0.25, -0.2) is 4.98 Å². The molecule has 1 aliphatic rings. The zero-order valence-electron chi connectivity index (χ0n) is 15.6. The van der Waals surface area contributed by atoms with Crippen LogP contribution in [0.1, 0.15) is 30.8 Å². The SMILES string of the molecule is CCCc1cc(=O)[nH]c(SC[C@@H]2C[NH2+][C@H](c3ccc(N(C)C)cc3)O2)n1. The molecule has 1 fully saturated rings. The van der Waals surface area contributed by atoms with Crippen molar-refractivity contribution in [3.8, 4) is 0 Å². The van der Waals surface area contributed by atoms with Crippen molar-refractivity contribution in [1.82, 2.24) is 9.97 Å². The lowest BCUT2D eigenvalue weighted by Gasteiger charge is -2.14. The molecule has 6 nitrogen and oxygen atoms in total. The van der Waals surface area contributed by atoms with Gasteiger partial charge in [0.05, 0.1) is 0 Å². The highest BCUT2D eigenvalue weighted by Crippen LogP contribution is 2.22. The van der Waals surface area contributed by atoms with E-state index >= 15 is 0 Å². The summed E-state index contributed by atoms with van der Waals surface area (Å²) in [5.41, 5.74) is 3.14. The third-order valence-electron chi connectivity index (χ3n) is 4.38. The normalized spacial score (nSPS) is 19.7. The summed E-state index contributed by atoms with van der Waals surface area (Å²) in [6.45, 7) is 3.00. The molecule has 7 heteroatoms. The summed E-state index contributed by atoms with van der Waals surface area (Å²) in [7, 11) is 4.07. The molecule has 1 aromatic heterocycles. The monoisotopic (exact) mass is 375 g/mol. The van der Waals surface area contributed by atoms with Crippen molar-refractivity contribution in [2.45, 2.75) is 37.3 Å². The molecule has 1 aliphatic heterocycles. The van der Waals surface area contributed by atoms with Crippen molar-refractivity contribution in [2.75, 3.05) is 31.3 Å². The van der Waals surface area contributed by atoms with Gasteiger partial charge in [-0.2, -0.15) is 0 Å². The van der Waals surface area contributed by atoms with Crippen LogP contribution in [-0.2, 0) is 11.2 Å². The van der Waals surface area contributed by atoms with E-state index in [1.54, 1.807) is 17.8 Å². The Bertz CT molecular complexity index is 776. The predicted octanol–water partition coefficient (Wildman–Crippen LogP) is 1.54. The number of rotatable bonds is 7. The molecule has 2 aromatic rings. The highest BCUT2D eigenvalue weighted by molar-refractivity contribution is 7.99. The number of benzene rings is 1. The maximum Gasteiger partial charge on any atom is 0.251 e. The number of nitrogens with zero attached hydrogens (tertiary/aromatic N) is 2. The number of hydrogen-bond acceptors (Lipinski definition) is 5. The molecular formula is C19H27N4O2S+. The number of nitrogens with one attached hydrogen (secondary N) is 1. The Kier molecular flexibility index (Phi) is 6.34. The lowest BCUT2D eigenvalue weighted by molar-refractivity contribution is -0.697. The summed E-state index contributed by atoms with van der Waals surface area (Å²) in [6.07, 6.45) is 1.99. The molecule has 2 atom stereocenters. The molecule has 2 heterocycles. The fraction of sp³-hybridized carbons (Fsp3) is 0.474. The molecule has 26 heavy (non-hydrogen) atoms. The van der Waals surface area contributed by atoms with E-state index in [1.165, 1.54) is 11.3 Å². The minimum absolute atomic E-state index is 0.0373. The van der Waals surface area contributed by atoms with Crippen LogP contribution in [-0.4, -0.2) is 42.5 Å². The van der Waals surface area contributed by atoms with E-state index in [0.29, 0.717) is 5.16 Å². The maximum atomic E-state index is 11.7. The highest BCUT2D eigenvalue weighted by atomic mass is 32.2. The number of aryl methyl sites for hydroxylation is 1. The second-order valence-electron chi connectivity index (χ2n) is 6.74. The van der Waals surface area contributed by atoms with Crippen LogP contribution in [0.3, 0.4) is 0 Å². The van der Waals surface area contributed by atoms with E-state index in [2.05, 4.69) is 51.4 Å². The topological polar surface area (TPSA) is 74.8 Å². The quantitative estimate of drug-likeness (QED) is 0.567. The number of thioether (sulfide) groups is 1. The third kappa shape index (κ3) is 4.87. The Morgan fingerprint density at radius 1 is 1.35 bits per heavy atom. The molecule has 1 saturated heterocycles. The van der Waals surface area contributed by atoms with E-state index in [1.807, 2.05) is 14.1 Å². The molecule has 0 amide bonds. The number of aromatic amines is 1. The molecular weight excluding hydrogens is 348 g/mol. The average Bonchev–Trinajstić information content (AvgIpc) is 3.09. The molecule has 0 unspecified atom stereocenters.